The van der Waals surface area contributed by atoms with Crippen molar-refractivity contribution < 1.29 is 9.50 Å². The van der Waals surface area contributed by atoms with Crippen LogP contribution >= 0.6 is 0 Å². The summed E-state index contributed by atoms with van der Waals surface area (Å²) >= 11 is 0. The highest BCUT2D eigenvalue weighted by Gasteiger charge is 2.24. The molecule has 21 heavy (non-hydrogen) atoms. The predicted octanol–water partition coefficient (Wildman–Crippen LogP) is 0.681. The molecule has 0 bridgehead atoms. The van der Waals surface area contributed by atoms with Gasteiger partial charge in [-0.1, -0.05) is 0 Å². The van der Waals surface area contributed by atoms with E-state index in [-0.39, 0.29) is 17.8 Å². The third-order valence-corrected chi connectivity index (χ3v) is 3.81. The highest BCUT2D eigenvalue weighted by molar-refractivity contribution is 5.32. The maximum Gasteiger partial charge on any atom is 0.123 e. The van der Waals surface area contributed by atoms with Gasteiger partial charge in [0.1, 0.15) is 5.82 Å². The second kappa shape index (κ2) is 6.34. The highest BCUT2D eigenvalue weighted by atomic mass is 19.1. The first-order valence-electron chi connectivity index (χ1n) is 7.12. The minimum atomic E-state index is -0.278. The lowest BCUT2D eigenvalue weighted by atomic mass is 10.1. The number of nitrogens with one attached hydrogen (secondary N) is 2. The molecule has 112 valence electrons. The van der Waals surface area contributed by atoms with Gasteiger partial charge in [-0.25, -0.2) is 9.07 Å². The largest absolute Gasteiger partial charge is 0.391 e. The van der Waals surface area contributed by atoms with Crippen molar-refractivity contribution in [1.82, 2.24) is 20.4 Å². The zero-order valence-electron chi connectivity index (χ0n) is 11.7. The lowest BCUT2D eigenvalue weighted by Crippen LogP contribution is -2.30. The Morgan fingerprint density at radius 3 is 2.81 bits per heavy atom. The van der Waals surface area contributed by atoms with Gasteiger partial charge in [-0.2, -0.15) is 5.10 Å². The molecule has 0 amide bonds. The standard InChI is InChI=1S/C15H19FN4O/c16-12-1-3-13(4-2-12)20-14(5-6-19-20)9-17-7-11-8-18-10-15(11)21/h1-6,11,15,17-18,21H,7-10H2. The highest BCUT2D eigenvalue weighted by Crippen LogP contribution is 2.12. The van der Waals surface area contributed by atoms with E-state index in [1.165, 1.54) is 12.1 Å². The van der Waals surface area contributed by atoms with E-state index < -0.39 is 0 Å². The maximum absolute atomic E-state index is 13.0. The molecule has 0 radical (unpaired) electrons. The molecule has 1 aliphatic heterocycles. The Balaban J connectivity index is 1.61. The fraction of sp³-hybridized carbons (Fsp3) is 0.400. The Labute approximate surface area is 122 Å². The molecule has 5 nitrogen and oxygen atoms in total. The van der Waals surface area contributed by atoms with E-state index in [0.29, 0.717) is 13.1 Å². The van der Waals surface area contributed by atoms with Crippen LogP contribution < -0.4 is 10.6 Å². The first kappa shape index (κ1) is 14.2. The summed E-state index contributed by atoms with van der Waals surface area (Å²) in [5.74, 6) is -0.0134. The Morgan fingerprint density at radius 1 is 1.29 bits per heavy atom. The number of aromatic nitrogens is 2. The molecule has 1 aliphatic rings. The monoisotopic (exact) mass is 290 g/mol. The topological polar surface area (TPSA) is 62.1 Å². The van der Waals surface area contributed by atoms with Gasteiger partial charge in [0.25, 0.3) is 0 Å². The average molecular weight is 290 g/mol. The first-order chi connectivity index (χ1) is 10.2. The van der Waals surface area contributed by atoms with Gasteiger partial charge in [-0.3, -0.25) is 0 Å². The zero-order valence-corrected chi connectivity index (χ0v) is 11.7. The molecule has 0 saturated carbocycles. The summed E-state index contributed by atoms with van der Waals surface area (Å²) in [5, 5.41) is 20.5. The SMILES string of the molecule is OC1CNCC1CNCc1ccnn1-c1ccc(F)cc1. The van der Waals surface area contributed by atoms with E-state index in [9.17, 15) is 9.50 Å². The van der Waals surface area contributed by atoms with E-state index in [0.717, 1.165) is 24.5 Å². The number of aliphatic hydroxyl groups is 1. The van der Waals surface area contributed by atoms with Crippen LogP contribution in [0.1, 0.15) is 5.69 Å². The van der Waals surface area contributed by atoms with Crippen LogP contribution in [-0.4, -0.2) is 40.6 Å². The molecule has 1 aromatic carbocycles. The van der Waals surface area contributed by atoms with Crippen molar-refractivity contribution in [3.8, 4) is 5.69 Å². The lowest BCUT2D eigenvalue weighted by molar-refractivity contribution is 0.146. The average Bonchev–Trinajstić information content (AvgIpc) is 3.10. The van der Waals surface area contributed by atoms with Crippen LogP contribution in [0.3, 0.4) is 0 Å². The minimum absolute atomic E-state index is 0.243. The van der Waals surface area contributed by atoms with Crippen LogP contribution in [0.2, 0.25) is 0 Å². The summed E-state index contributed by atoms with van der Waals surface area (Å²) in [4.78, 5) is 0. The molecule has 1 saturated heterocycles. The second-order valence-corrected chi connectivity index (χ2v) is 5.33. The molecule has 3 N–H and O–H groups in total. The third-order valence-electron chi connectivity index (χ3n) is 3.81. The van der Waals surface area contributed by atoms with Crippen molar-refractivity contribution in [2.45, 2.75) is 12.6 Å². The van der Waals surface area contributed by atoms with Crippen LogP contribution in [0, 0.1) is 11.7 Å². The number of hydrogen-bond acceptors (Lipinski definition) is 4. The van der Waals surface area contributed by atoms with E-state index in [1.807, 2.05) is 6.07 Å². The Bertz CT molecular complexity index is 584. The fourth-order valence-corrected chi connectivity index (χ4v) is 2.59. The van der Waals surface area contributed by atoms with Crippen molar-refractivity contribution in [2.75, 3.05) is 19.6 Å². The van der Waals surface area contributed by atoms with Gasteiger partial charge in [0.2, 0.25) is 0 Å². The summed E-state index contributed by atoms with van der Waals surface area (Å²) in [6.45, 7) is 2.91. The van der Waals surface area contributed by atoms with Crippen molar-refractivity contribution in [2.24, 2.45) is 5.92 Å². The fourth-order valence-electron chi connectivity index (χ4n) is 2.59. The van der Waals surface area contributed by atoms with Crippen molar-refractivity contribution in [3.63, 3.8) is 0 Å². The van der Waals surface area contributed by atoms with Crippen LogP contribution in [0.25, 0.3) is 5.69 Å². The zero-order chi connectivity index (χ0) is 14.7. The number of hydrogen-bond donors (Lipinski definition) is 3. The van der Waals surface area contributed by atoms with Gasteiger partial charge in [0.05, 0.1) is 17.5 Å². The number of aliphatic hydroxyl groups excluding tert-OH is 1. The molecule has 1 aromatic heterocycles. The van der Waals surface area contributed by atoms with E-state index in [4.69, 9.17) is 0 Å². The van der Waals surface area contributed by atoms with Gasteiger partial charge in [0.15, 0.2) is 0 Å². The Morgan fingerprint density at radius 2 is 2.10 bits per heavy atom. The Hall–Kier alpha value is -1.76. The quantitative estimate of drug-likeness (QED) is 0.758. The maximum atomic E-state index is 13.0. The van der Waals surface area contributed by atoms with E-state index >= 15 is 0 Å². The first-order valence-corrected chi connectivity index (χ1v) is 7.12. The number of β-amino-alcohol motifs (C(OH)–C–C–N with tert-alkyl or cyclic N) is 1. The van der Waals surface area contributed by atoms with Gasteiger partial charge < -0.3 is 15.7 Å². The van der Waals surface area contributed by atoms with Crippen LogP contribution in [0.5, 0.6) is 0 Å². The van der Waals surface area contributed by atoms with Gasteiger partial charge in [-0.15, -0.1) is 0 Å². The summed E-state index contributed by atoms with van der Waals surface area (Å²) < 4.78 is 14.8. The number of halogens is 1. The minimum Gasteiger partial charge on any atom is -0.391 e. The summed E-state index contributed by atoms with van der Waals surface area (Å²) in [7, 11) is 0. The molecular weight excluding hydrogens is 271 g/mol. The van der Waals surface area contributed by atoms with Gasteiger partial charge in [0, 0.05) is 38.3 Å². The number of rotatable bonds is 5. The molecule has 0 spiro atoms. The molecule has 3 rings (SSSR count). The number of nitrogens with zero attached hydrogens (tertiary/aromatic N) is 2. The van der Waals surface area contributed by atoms with Crippen LogP contribution in [-0.2, 0) is 6.54 Å². The van der Waals surface area contributed by atoms with Crippen molar-refractivity contribution in [3.05, 3.63) is 48.0 Å². The molecule has 2 aromatic rings. The van der Waals surface area contributed by atoms with Crippen LogP contribution in [0.4, 0.5) is 4.39 Å². The predicted molar refractivity (Wildman–Crippen MR) is 77.6 cm³/mol. The van der Waals surface area contributed by atoms with E-state index in [2.05, 4.69) is 15.7 Å². The second-order valence-electron chi connectivity index (χ2n) is 5.33. The third kappa shape index (κ3) is 3.29. The number of benzene rings is 1. The van der Waals surface area contributed by atoms with Gasteiger partial charge >= 0.3 is 0 Å². The van der Waals surface area contributed by atoms with Crippen molar-refractivity contribution >= 4 is 0 Å². The van der Waals surface area contributed by atoms with E-state index in [1.54, 1.807) is 23.0 Å². The molecule has 2 atom stereocenters. The lowest BCUT2D eigenvalue weighted by Gasteiger charge is -2.14. The van der Waals surface area contributed by atoms with Crippen LogP contribution in [0.15, 0.2) is 36.5 Å². The smallest absolute Gasteiger partial charge is 0.123 e. The normalized spacial score (nSPS) is 21.8. The summed E-state index contributed by atoms with van der Waals surface area (Å²) in [5.41, 5.74) is 1.84. The molecule has 2 heterocycles. The summed E-state index contributed by atoms with van der Waals surface area (Å²) in [6.07, 6.45) is 1.45. The molecular formula is C15H19FN4O. The molecule has 6 heteroatoms. The van der Waals surface area contributed by atoms with Gasteiger partial charge in [-0.05, 0) is 30.3 Å². The van der Waals surface area contributed by atoms with Crippen molar-refractivity contribution in [1.29, 1.82) is 0 Å². The summed E-state index contributed by atoms with van der Waals surface area (Å²) in [6, 6.07) is 8.19. The molecule has 2 unspecified atom stereocenters. The molecule has 1 fully saturated rings. The Kier molecular flexibility index (Phi) is 4.28. The molecule has 0 aliphatic carbocycles.